The lowest BCUT2D eigenvalue weighted by Gasteiger charge is -2.04. The predicted molar refractivity (Wildman–Crippen MR) is 185 cm³/mol. The van der Waals surface area contributed by atoms with E-state index in [0.29, 0.717) is 0 Å². The van der Waals surface area contributed by atoms with Gasteiger partial charge in [0.1, 0.15) is 0 Å². The van der Waals surface area contributed by atoms with Crippen LogP contribution in [-0.4, -0.2) is 9.52 Å². The van der Waals surface area contributed by atoms with Crippen molar-refractivity contribution in [3.05, 3.63) is 0 Å². The van der Waals surface area contributed by atoms with Gasteiger partial charge in [-0.15, -0.1) is 0 Å². The Bertz CT molecular complexity index is 356. The summed E-state index contributed by atoms with van der Waals surface area (Å²) in [6.45, 7) is 4.62. The zero-order chi connectivity index (χ0) is 28.2. The van der Waals surface area contributed by atoms with Gasteiger partial charge in [0.15, 0.2) is 0 Å². The van der Waals surface area contributed by atoms with E-state index in [1.54, 1.807) is 12.1 Å². The highest BCUT2D eigenvalue weighted by molar-refractivity contribution is 6.35. The van der Waals surface area contributed by atoms with Crippen LogP contribution in [0.3, 0.4) is 0 Å². The molecule has 0 saturated heterocycles. The van der Waals surface area contributed by atoms with Crippen LogP contribution in [0, 0.1) is 0 Å². The van der Waals surface area contributed by atoms with Gasteiger partial charge in [0.2, 0.25) is 0 Å². The smallest absolute Gasteiger partial charge is 0.0280 e. The van der Waals surface area contributed by atoms with Crippen LogP contribution in [0.5, 0.6) is 0 Å². The Hall–Kier alpha value is 0.217. The van der Waals surface area contributed by atoms with Crippen LogP contribution in [0.4, 0.5) is 0 Å². The largest absolute Gasteiger partial charge is 0.0654 e. The summed E-state index contributed by atoms with van der Waals surface area (Å²) in [5.74, 6) is 0. The molecule has 39 heavy (non-hydrogen) atoms. The van der Waals surface area contributed by atoms with E-state index in [1.807, 2.05) is 0 Å². The molecule has 0 saturated carbocycles. The maximum Gasteiger partial charge on any atom is 0.0280 e. The fraction of sp³-hybridized carbons (Fsp3) is 1.00. The molecule has 0 N–H and O–H groups in total. The van der Waals surface area contributed by atoms with E-state index in [4.69, 9.17) is 0 Å². The minimum atomic E-state index is 0.767. The Morgan fingerprint density at radius 1 is 0.205 bits per heavy atom. The van der Waals surface area contributed by atoms with Crippen molar-refractivity contribution < 1.29 is 0 Å². The van der Waals surface area contributed by atoms with Gasteiger partial charge in [-0.2, -0.15) is 0 Å². The predicted octanol–water partition coefficient (Wildman–Crippen LogP) is 14.6. The number of rotatable bonds is 36. The highest BCUT2D eigenvalue weighted by Crippen LogP contribution is 2.16. The van der Waals surface area contributed by atoms with E-state index in [1.165, 1.54) is 218 Å². The van der Waals surface area contributed by atoms with Crippen molar-refractivity contribution in [2.75, 3.05) is 0 Å². The average Bonchev–Trinajstić information content (AvgIpc) is 2.95. The first-order valence-electron chi connectivity index (χ1n) is 19.2. The van der Waals surface area contributed by atoms with Crippen LogP contribution < -0.4 is 0 Å². The Labute approximate surface area is 253 Å². The van der Waals surface area contributed by atoms with Crippen molar-refractivity contribution >= 4 is 9.52 Å². The fourth-order valence-electron chi connectivity index (χ4n) is 6.17. The normalized spacial score (nSPS) is 11.5. The van der Waals surface area contributed by atoms with Crippen molar-refractivity contribution in [1.29, 1.82) is 0 Å². The molecule has 0 amide bonds. The van der Waals surface area contributed by atoms with Gasteiger partial charge in [-0.05, 0) is 0 Å². The van der Waals surface area contributed by atoms with Crippen molar-refractivity contribution in [2.24, 2.45) is 0 Å². The first-order chi connectivity index (χ1) is 19.4. The molecule has 0 aliphatic carbocycles. The van der Waals surface area contributed by atoms with Crippen molar-refractivity contribution in [2.45, 2.75) is 244 Å². The minimum Gasteiger partial charge on any atom is -0.0654 e. The summed E-state index contributed by atoms with van der Waals surface area (Å²) in [5.41, 5.74) is 0. The average molecular weight is 564 g/mol. The van der Waals surface area contributed by atoms with Gasteiger partial charge >= 0.3 is 0 Å². The molecule has 0 spiro atoms. The molecule has 235 valence electrons. The molecule has 0 aliphatic heterocycles. The summed E-state index contributed by atoms with van der Waals surface area (Å²) in [6, 6.07) is 3.16. The van der Waals surface area contributed by atoms with Gasteiger partial charge in [-0.3, -0.25) is 0 Å². The molecule has 0 aromatic carbocycles. The van der Waals surface area contributed by atoms with Crippen molar-refractivity contribution in [1.82, 2.24) is 0 Å². The third-order valence-electron chi connectivity index (χ3n) is 9.02. The SMILES string of the molecule is CCCCCCCCCCCCCCCCCCC[SiH]CCCCCCCCCCCCCCCCCCC. The van der Waals surface area contributed by atoms with Gasteiger partial charge in [0.05, 0.1) is 0 Å². The maximum atomic E-state index is 2.31. The molecule has 0 unspecified atom stereocenters. The van der Waals surface area contributed by atoms with Crippen LogP contribution in [0.1, 0.15) is 232 Å². The number of unbranched alkanes of at least 4 members (excludes halogenated alkanes) is 32. The van der Waals surface area contributed by atoms with Crippen LogP contribution in [0.2, 0.25) is 12.1 Å². The molecular weight excluding hydrogens is 485 g/mol. The van der Waals surface area contributed by atoms with Crippen molar-refractivity contribution in [3.8, 4) is 0 Å². The maximum absolute atomic E-state index is 2.31. The van der Waals surface area contributed by atoms with Crippen LogP contribution in [-0.2, 0) is 0 Å². The van der Waals surface area contributed by atoms with E-state index in [-0.39, 0.29) is 0 Å². The molecule has 0 aromatic rings. The lowest BCUT2D eigenvalue weighted by Crippen LogP contribution is -1.90. The monoisotopic (exact) mass is 564 g/mol. The Morgan fingerprint density at radius 3 is 0.538 bits per heavy atom. The summed E-state index contributed by atoms with van der Waals surface area (Å²) < 4.78 is 0. The first-order valence-corrected chi connectivity index (χ1v) is 20.9. The summed E-state index contributed by atoms with van der Waals surface area (Å²) in [6.07, 6.45) is 50.6. The van der Waals surface area contributed by atoms with Gasteiger partial charge in [0, 0.05) is 9.52 Å². The van der Waals surface area contributed by atoms with Crippen molar-refractivity contribution in [3.63, 3.8) is 0 Å². The molecule has 1 radical (unpaired) electrons. The van der Waals surface area contributed by atoms with E-state index < -0.39 is 0 Å². The van der Waals surface area contributed by atoms with Crippen LogP contribution >= 0.6 is 0 Å². The third kappa shape index (κ3) is 38.2. The minimum absolute atomic E-state index is 0.767. The van der Waals surface area contributed by atoms with Crippen LogP contribution in [0.15, 0.2) is 0 Å². The Kier molecular flexibility index (Phi) is 38.4. The van der Waals surface area contributed by atoms with Gasteiger partial charge < -0.3 is 0 Å². The summed E-state index contributed by atoms with van der Waals surface area (Å²) in [4.78, 5) is 0. The quantitative estimate of drug-likeness (QED) is 0.0525. The summed E-state index contributed by atoms with van der Waals surface area (Å²) in [5, 5.41) is 0. The molecule has 0 aromatic heterocycles. The first kappa shape index (κ1) is 39.2. The molecule has 0 aliphatic rings. The molecule has 0 heterocycles. The molecule has 0 rings (SSSR count). The summed E-state index contributed by atoms with van der Waals surface area (Å²) >= 11 is 0. The highest BCUT2D eigenvalue weighted by Gasteiger charge is 1.97. The second-order valence-electron chi connectivity index (χ2n) is 13.2. The summed E-state index contributed by atoms with van der Waals surface area (Å²) in [7, 11) is 0.767. The molecular formula is C38H79Si. The zero-order valence-electron chi connectivity index (χ0n) is 28.0. The zero-order valence-corrected chi connectivity index (χ0v) is 29.2. The molecule has 0 nitrogen and oxygen atoms in total. The fourth-order valence-corrected chi connectivity index (χ4v) is 7.61. The van der Waals surface area contributed by atoms with Gasteiger partial charge in [-0.25, -0.2) is 0 Å². The molecule has 0 bridgehead atoms. The topological polar surface area (TPSA) is 0 Å². The van der Waals surface area contributed by atoms with E-state index in [0.717, 1.165) is 9.52 Å². The van der Waals surface area contributed by atoms with Gasteiger partial charge in [-0.1, -0.05) is 244 Å². The van der Waals surface area contributed by atoms with E-state index in [2.05, 4.69) is 13.8 Å². The lowest BCUT2D eigenvalue weighted by molar-refractivity contribution is 0.528. The standard InChI is InChI=1S/C38H79Si/c1-3-5-7-9-11-13-15-17-19-21-23-25-27-29-31-33-35-37-39-38-36-34-32-30-28-26-24-22-20-18-16-14-12-10-8-6-4-2/h39H,3-38H2,1-2H3. The van der Waals surface area contributed by atoms with E-state index in [9.17, 15) is 0 Å². The van der Waals surface area contributed by atoms with E-state index >= 15 is 0 Å². The number of hydrogen-bond donors (Lipinski definition) is 0. The molecule has 1 heteroatoms. The molecule has 0 atom stereocenters. The second-order valence-corrected chi connectivity index (χ2v) is 14.9. The molecule has 0 fully saturated rings. The second kappa shape index (κ2) is 38.2. The Morgan fingerprint density at radius 2 is 0.359 bits per heavy atom. The highest BCUT2D eigenvalue weighted by atomic mass is 28.2. The Balaban J connectivity index is 3.01. The third-order valence-corrected chi connectivity index (χ3v) is 10.7. The van der Waals surface area contributed by atoms with Crippen LogP contribution in [0.25, 0.3) is 0 Å². The van der Waals surface area contributed by atoms with Gasteiger partial charge in [0.25, 0.3) is 0 Å². The lowest BCUT2D eigenvalue weighted by atomic mass is 10.0. The number of hydrogen-bond acceptors (Lipinski definition) is 0.